The van der Waals surface area contributed by atoms with Crippen LogP contribution < -0.4 is 4.74 Å². The highest BCUT2D eigenvalue weighted by Crippen LogP contribution is 2.33. The van der Waals surface area contributed by atoms with E-state index in [-0.39, 0.29) is 17.6 Å². The van der Waals surface area contributed by atoms with Crippen molar-refractivity contribution in [2.24, 2.45) is 17.8 Å². The molecule has 0 amide bonds. The van der Waals surface area contributed by atoms with Crippen molar-refractivity contribution in [3.63, 3.8) is 0 Å². The molecule has 1 aliphatic heterocycles. The highest BCUT2D eigenvalue weighted by atomic mass is 19.3. The molecule has 1 heterocycles. The van der Waals surface area contributed by atoms with Crippen LogP contribution in [0.2, 0.25) is 0 Å². The number of hydrogen-bond acceptors (Lipinski definition) is 4. The van der Waals surface area contributed by atoms with Crippen LogP contribution in [0.1, 0.15) is 25.0 Å². The molecule has 2 unspecified atom stereocenters. The minimum atomic E-state index is -2.77. The molecule has 1 fully saturated rings. The zero-order valence-electron chi connectivity index (χ0n) is 16.3. The van der Waals surface area contributed by atoms with Gasteiger partial charge in [-0.3, -0.25) is 9.69 Å². The van der Waals surface area contributed by atoms with Gasteiger partial charge in [0.2, 0.25) is 12.8 Å². The van der Waals surface area contributed by atoms with Gasteiger partial charge >= 0.3 is 5.97 Å². The maximum absolute atomic E-state index is 13.9. The van der Waals surface area contributed by atoms with E-state index in [1.54, 1.807) is 12.1 Å². The molecule has 0 saturated carbocycles. The lowest BCUT2D eigenvalue weighted by molar-refractivity contribution is -0.151. The van der Waals surface area contributed by atoms with E-state index < -0.39 is 18.7 Å². The number of carbonyl (C=O) groups excluding carboxylic acids is 1. The number of hydrogen-bond donors (Lipinski definition) is 0. The summed E-state index contributed by atoms with van der Waals surface area (Å²) in [5, 5.41) is 0. The first-order valence-corrected chi connectivity index (χ1v) is 9.51. The maximum Gasteiger partial charge on any atom is 0.311 e. The molecule has 0 spiro atoms. The minimum Gasteiger partial charge on any atom is -0.469 e. The van der Waals surface area contributed by atoms with Gasteiger partial charge in [-0.15, -0.1) is 0 Å². The zero-order chi connectivity index (χ0) is 20.4. The zero-order valence-corrected chi connectivity index (χ0v) is 16.3. The molecule has 3 atom stereocenters. The van der Waals surface area contributed by atoms with Crippen molar-refractivity contribution in [3.05, 3.63) is 34.9 Å². The smallest absolute Gasteiger partial charge is 0.311 e. The molecule has 0 N–H and O–H groups in total. The fraction of sp³-hybridized carbons (Fsp3) is 0.571. The standard InChI is InChI=1S/C21H26F3NO3/c1-12-6-15-8-18(28-20(24)13(2)19(22)23)5-4-14(15)7-16(12)9-25-10-17(11-25)21(26)27-3/h4-5,7-8,12-13,17,19-20H,6,9-11H2,1-3H3/t12?,13?,20-/m1/s1. The van der Waals surface area contributed by atoms with E-state index in [0.717, 1.165) is 31.0 Å². The van der Waals surface area contributed by atoms with Crippen LogP contribution in [-0.4, -0.2) is 50.4 Å². The summed E-state index contributed by atoms with van der Waals surface area (Å²) >= 11 is 0. The lowest BCUT2D eigenvalue weighted by Crippen LogP contribution is -2.51. The quantitative estimate of drug-likeness (QED) is 0.654. The number of ether oxygens (including phenoxy) is 2. The molecule has 154 valence electrons. The van der Waals surface area contributed by atoms with Crippen LogP contribution in [0, 0.1) is 17.8 Å². The minimum absolute atomic E-state index is 0.0410. The van der Waals surface area contributed by atoms with Crippen LogP contribution in [0.3, 0.4) is 0 Å². The molecule has 0 aromatic heterocycles. The molecule has 1 aromatic carbocycles. The second-order valence-corrected chi connectivity index (χ2v) is 7.76. The third kappa shape index (κ3) is 4.51. The van der Waals surface area contributed by atoms with Crippen molar-refractivity contribution in [1.82, 2.24) is 4.90 Å². The van der Waals surface area contributed by atoms with Crippen molar-refractivity contribution >= 4 is 12.0 Å². The summed E-state index contributed by atoms with van der Waals surface area (Å²) in [6.07, 6.45) is -1.92. The number of methoxy groups -OCH3 is 1. The summed E-state index contributed by atoms with van der Waals surface area (Å²) in [7, 11) is 1.41. The summed E-state index contributed by atoms with van der Waals surface area (Å²) in [6, 6.07) is 5.19. The fourth-order valence-corrected chi connectivity index (χ4v) is 3.60. The van der Waals surface area contributed by atoms with E-state index in [0.29, 0.717) is 19.0 Å². The highest BCUT2D eigenvalue weighted by Gasteiger charge is 2.34. The van der Waals surface area contributed by atoms with E-state index in [1.807, 2.05) is 6.07 Å². The third-order valence-electron chi connectivity index (χ3n) is 5.57. The predicted octanol–water partition coefficient (Wildman–Crippen LogP) is 3.94. The van der Waals surface area contributed by atoms with E-state index in [1.165, 1.54) is 12.7 Å². The Bertz CT molecular complexity index is 746. The van der Waals surface area contributed by atoms with Gasteiger partial charge in [0, 0.05) is 19.6 Å². The molecule has 2 aliphatic rings. The molecule has 0 bridgehead atoms. The Balaban J connectivity index is 1.63. The number of fused-ring (bicyclic) bond motifs is 1. The Morgan fingerprint density at radius 3 is 2.64 bits per heavy atom. The largest absolute Gasteiger partial charge is 0.469 e. The number of rotatable bonds is 7. The molecule has 1 saturated heterocycles. The van der Waals surface area contributed by atoms with Gasteiger partial charge in [-0.1, -0.05) is 31.6 Å². The van der Waals surface area contributed by atoms with Crippen LogP contribution in [0.5, 0.6) is 5.75 Å². The number of carbonyl (C=O) groups is 1. The van der Waals surface area contributed by atoms with Crippen LogP contribution in [0.4, 0.5) is 13.2 Å². The lowest BCUT2D eigenvalue weighted by Gasteiger charge is -2.39. The topological polar surface area (TPSA) is 38.8 Å². The van der Waals surface area contributed by atoms with Gasteiger partial charge < -0.3 is 9.47 Å². The van der Waals surface area contributed by atoms with E-state index in [2.05, 4.69) is 17.9 Å². The number of alkyl halides is 3. The Morgan fingerprint density at radius 2 is 2.00 bits per heavy atom. The van der Waals surface area contributed by atoms with E-state index in [4.69, 9.17) is 9.47 Å². The van der Waals surface area contributed by atoms with Gasteiger partial charge in [0.05, 0.1) is 18.9 Å². The maximum atomic E-state index is 13.9. The Hall–Kier alpha value is -2.02. The number of nitrogens with zero attached hydrogens (tertiary/aromatic N) is 1. The molecule has 1 aromatic rings. The first-order chi connectivity index (χ1) is 13.3. The van der Waals surface area contributed by atoms with E-state index >= 15 is 0 Å². The molecule has 0 radical (unpaired) electrons. The summed E-state index contributed by atoms with van der Waals surface area (Å²) in [4.78, 5) is 13.7. The first kappa shape index (κ1) is 20.7. The molecule has 28 heavy (non-hydrogen) atoms. The van der Waals surface area contributed by atoms with Crippen LogP contribution in [-0.2, 0) is 16.0 Å². The van der Waals surface area contributed by atoms with Crippen molar-refractivity contribution in [1.29, 1.82) is 0 Å². The fourth-order valence-electron chi connectivity index (χ4n) is 3.60. The summed E-state index contributed by atoms with van der Waals surface area (Å²) in [5.74, 6) is -1.12. The van der Waals surface area contributed by atoms with Crippen LogP contribution >= 0.6 is 0 Å². The predicted molar refractivity (Wildman–Crippen MR) is 99.9 cm³/mol. The molecular weight excluding hydrogens is 371 g/mol. The van der Waals surface area contributed by atoms with Gasteiger partial charge in [-0.25, -0.2) is 13.2 Å². The second kappa shape index (κ2) is 8.55. The van der Waals surface area contributed by atoms with Crippen LogP contribution in [0.15, 0.2) is 23.8 Å². The van der Waals surface area contributed by atoms with Crippen molar-refractivity contribution < 1.29 is 27.4 Å². The summed E-state index contributed by atoms with van der Waals surface area (Å²) in [6.45, 7) is 5.46. The average molecular weight is 397 g/mol. The highest BCUT2D eigenvalue weighted by molar-refractivity contribution is 5.74. The lowest BCUT2D eigenvalue weighted by atomic mass is 9.83. The molecule has 4 nitrogen and oxygen atoms in total. The molecule has 7 heteroatoms. The summed E-state index contributed by atoms with van der Waals surface area (Å²) in [5.41, 5.74) is 3.32. The van der Waals surface area contributed by atoms with Crippen molar-refractivity contribution in [3.8, 4) is 5.75 Å². The van der Waals surface area contributed by atoms with Gasteiger partial charge in [0.1, 0.15) is 5.75 Å². The van der Waals surface area contributed by atoms with Gasteiger partial charge in [0.25, 0.3) is 0 Å². The second-order valence-electron chi connectivity index (χ2n) is 7.76. The van der Waals surface area contributed by atoms with E-state index in [9.17, 15) is 18.0 Å². The normalized spacial score (nSPS) is 22.1. The monoisotopic (exact) mass is 397 g/mol. The number of benzene rings is 1. The van der Waals surface area contributed by atoms with Crippen molar-refractivity contribution in [2.75, 3.05) is 26.7 Å². The van der Waals surface area contributed by atoms with Crippen LogP contribution in [0.25, 0.3) is 6.08 Å². The Morgan fingerprint density at radius 1 is 1.29 bits per heavy atom. The molecule has 1 aliphatic carbocycles. The average Bonchev–Trinajstić information content (AvgIpc) is 2.63. The molecule has 3 rings (SSSR count). The SMILES string of the molecule is COC(=O)C1CN(CC2=Cc3ccc(O[C@@H](F)C(C)C(F)F)cc3CC2C)C1. The van der Waals surface area contributed by atoms with Gasteiger partial charge in [-0.2, -0.15) is 0 Å². The van der Waals surface area contributed by atoms with Gasteiger partial charge in [0.15, 0.2) is 0 Å². The third-order valence-corrected chi connectivity index (χ3v) is 5.57. The number of halogens is 3. The first-order valence-electron chi connectivity index (χ1n) is 9.51. The summed E-state index contributed by atoms with van der Waals surface area (Å²) < 4.78 is 48.9. The van der Waals surface area contributed by atoms with Crippen molar-refractivity contribution in [2.45, 2.75) is 33.1 Å². The van der Waals surface area contributed by atoms with Gasteiger partial charge in [-0.05, 0) is 35.6 Å². The Labute approximate surface area is 163 Å². The molecular formula is C21H26F3NO3. The Kier molecular flexibility index (Phi) is 6.33. The number of esters is 1. The number of likely N-dealkylation sites (tertiary alicyclic amines) is 1.